The summed E-state index contributed by atoms with van der Waals surface area (Å²) in [6, 6.07) is 20.2. The number of nitrogens with one attached hydrogen (secondary N) is 2. The first-order valence-electron chi connectivity index (χ1n) is 10.9. The monoisotopic (exact) mass is 494 g/mol. The molecule has 0 heterocycles. The lowest BCUT2D eigenvalue weighted by molar-refractivity contribution is -0.120. The number of alkyl carbamates (subject to hydrolysis) is 1. The molecule has 1 aliphatic rings. The lowest BCUT2D eigenvalue weighted by Crippen LogP contribution is -2.30. The van der Waals surface area contributed by atoms with Crippen molar-refractivity contribution in [2.24, 2.45) is 0 Å². The van der Waals surface area contributed by atoms with Crippen molar-refractivity contribution in [2.45, 2.75) is 5.92 Å². The van der Waals surface area contributed by atoms with Crippen molar-refractivity contribution in [1.82, 2.24) is 5.32 Å². The third kappa shape index (κ3) is 5.98. The Morgan fingerprint density at radius 3 is 2.26 bits per heavy atom. The van der Waals surface area contributed by atoms with E-state index in [9.17, 15) is 14.4 Å². The molecule has 0 atom stereocenters. The van der Waals surface area contributed by atoms with Gasteiger partial charge in [-0.1, -0.05) is 60.1 Å². The van der Waals surface area contributed by atoms with E-state index in [1.54, 1.807) is 0 Å². The van der Waals surface area contributed by atoms with Gasteiger partial charge in [0.05, 0.1) is 12.2 Å². The first-order chi connectivity index (χ1) is 16.9. The Bertz CT molecular complexity index is 1220. The second-order valence-corrected chi connectivity index (χ2v) is 8.32. The van der Waals surface area contributed by atoms with E-state index in [2.05, 4.69) is 22.8 Å². The van der Waals surface area contributed by atoms with Gasteiger partial charge in [0.1, 0.15) is 13.2 Å². The molecule has 0 saturated carbocycles. The molecule has 0 aromatic heterocycles. The van der Waals surface area contributed by atoms with Gasteiger partial charge in [-0.25, -0.2) is 9.59 Å². The van der Waals surface area contributed by atoms with Crippen molar-refractivity contribution in [3.8, 4) is 11.1 Å². The number of ether oxygens (including phenoxy) is 2. The summed E-state index contributed by atoms with van der Waals surface area (Å²) >= 11 is 5.87. The van der Waals surface area contributed by atoms with Crippen molar-refractivity contribution in [3.05, 3.63) is 88.4 Å². The molecule has 1 aliphatic carbocycles. The zero-order valence-corrected chi connectivity index (χ0v) is 19.4. The van der Waals surface area contributed by atoms with Crippen molar-refractivity contribution in [1.29, 1.82) is 0 Å². The largest absolute Gasteiger partial charge is 0.478 e. The molecule has 0 fully saturated rings. The number of rotatable bonds is 9. The minimum absolute atomic E-state index is 0.0266. The van der Waals surface area contributed by atoms with Crippen LogP contribution in [0, 0.1) is 0 Å². The van der Waals surface area contributed by atoms with Crippen LogP contribution in [0.1, 0.15) is 27.4 Å². The van der Waals surface area contributed by atoms with E-state index >= 15 is 0 Å². The van der Waals surface area contributed by atoms with Crippen LogP contribution in [0.15, 0.2) is 66.7 Å². The lowest BCUT2D eigenvalue weighted by atomic mass is 9.98. The van der Waals surface area contributed by atoms with E-state index in [0.29, 0.717) is 0 Å². The highest BCUT2D eigenvalue weighted by Gasteiger charge is 2.28. The zero-order chi connectivity index (χ0) is 24.8. The molecule has 0 saturated heterocycles. The summed E-state index contributed by atoms with van der Waals surface area (Å²) in [5.41, 5.74) is 4.78. The third-order valence-corrected chi connectivity index (χ3v) is 5.74. The molecule has 3 aromatic carbocycles. The number of halogens is 1. The number of fused-ring (bicyclic) bond motifs is 3. The second-order valence-electron chi connectivity index (χ2n) is 7.89. The van der Waals surface area contributed by atoms with Crippen LogP contribution in [-0.2, 0) is 14.3 Å². The number of hydrogen-bond donors (Lipinski definition) is 3. The minimum Gasteiger partial charge on any atom is -0.478 e. The number of hydrogen-bond acceptors (Lipinski definition) is 5. The Hall–Kier alpha value is -3.88. The molecule has 0 radical (unpaired) electrons. The number of amides is 2. The van der Waals surface area contributed by atoms with Crippen LogP contribution < -0.4 is 10.6 Å². The highest BCUT2D eigenvalue weighted by molar-refractivity contribution is 6.31. The fraction of sp³-hybridized carbons (Fsp3) is 0.192. The van der Waals surface area contributed by atoms with E-state index < -0.39 is 18.0 Å². The highest BCUT2D eigenvalue weighted by atomic mass is 35.5. The number of anilines is 1. The van der Waals surface area contributed by atoms with E-state index in [-0.39, 0.29) is 48.6 Å². The van der Waals surface area contributed by atoms with Gasteiger partial charge in [-0.2, -0.15) is 0 Å². The predicted octanol–water partition coefficient (Wildman–Crippen LogP) is 4.53. The number of carbonyl (C=O) groups excluding carboxylic acids is 2. The number of aromatic carboxylic acids is 1. The van der Waals surface area contributed by atoms with Crippen LogP contribution in [0.5, 0.6) is 0 Å². The summed E-state index contributed by atoms with van der Waals surface area (Å²) in [5.74, 6) is -1.66. The quantitative estimate of drug-likeness (QED) is 0.376. The van der Waals surface area contributed by atoms with Crippen LogP contribution >= 0.6 is 11.6 Å². The molecule has 0 aliphatic heterocycles. The normalized spacial score (nSPS) is 11.9. The van der Waals surface area contributed by atoms with Crippen LogP contribution in [-0.4, -0.2) is 49.4 Å². The third-order valence-electron chi connectivity index (χ3n) is 5.52. The van der Waals surface area contributed by atoms with Crippen LogP contribution in [0.25, 0.3) is 11.1 Å². The van der Waals surface area contributed by atoms with Gasteiger partial charge in [-0.05, 0) is 40.5 Å². The van der Waals surface area contributed by atoms with Crippen molar-refractivity contribution in [3.63, 3.8) is 0 Å². The molecule has 9 heteroatoms. The summed E-state index contributed by atoms with van der Waals surface area (Å²) in [5, 5.41) is 14.4. The highest BCUT2D eigenvalue weighted by Crippen LogP contribution is 2.44. The van der Waals surface area contributed by atoms with Crippen molar-refractivity contribution in [2.75, 3.05) is 31.7 Å². The maximum atomic E-state index is 12.2. The predicted molar refractivity (Wildman–Crippen MR) is 131 cm³/mol. The van der Waals surface area contributed by atoms with E-state index in [4.69, 9.17) is 26.2 Å². The van der Waals surface area contributed by atoms with Crippen LogP contribution in [0.4, 0.5) is 10.5 Å². The van der Waals surface area contributed by atoms with Crippen LogP contribution in [0.3, 0.4) is 0 Å². The lowest BCUT2D eigenvalue weighted by Gasteiger charge is -2.14. The molecule has 2 amide bonds. The smallest absolute Gasteiger partial charge is 0.407 e. The Morgan fingerprint density at radius 1 is 0.943 bits per heavy atom. The molecule has 4 rings (SSSR count). The Morgan fingerprint density at radius 2 is 1.60 bits per heavy atom. The van der Waals surface area contributed by atoms with E-state index in [1.165, 1.54) is 18.2 Å². The summed E-state index contributed by atoms with van der Waals surface area (Å²) in [7, 11) is 0. The summed E-state index contributed by atoms with van der Waals surface area (Å²) in [4.78, 5) is 35.2. The Balaban J connectivity index is 1.18. The van der Waals surface area contributed by atoms with Gasteiger partial charge in [0, 0.05) is 23.2 Å². The maximum Gasteiger partial charge on any atom is 0.407 e. The standard InChI is InChI=1S/C26H23ClN2O6/c27-17-11-16(25(31)32)12-18(13-17)29-24(30)15-34-10-9-28-26(33)35-14-23-21-7-3-1-5-19(21)20-6-2-4-8-22(20)23/h1-8,11-13,23H,9-10,14-15H2,(H,28,33)(H,29,30)(H,31,32). The average Bonchev–Trinajstić information content (AvgIpc) is 3.16. The number of carboxylic acids is 1. The topological polar surface area (TPSA) is 114 Å². The molecular weight excluding hydrogens is 472 g/mol. The molecule has 0 spiro atoms. The minimum atomic E-state index is -1.15. The number of carboxylic acid groups (broad SMARTS) is 1. The Kier molecular flexibility index (Phi) is 7.64. The first-order valence-corrected chi connectivity index (χ1v) is 11.3. The summed E-state index contributed by atoms with van der Waals surface area (Å²) in [6.07, 6.45) is -0.569. The molecule has 35 heavy (non-hydrogen) atoms. The van der Waals surface area contributed by atoms with Gasteiger partial charge in [-0.3, -0.25) is 4.79 Å². The fourth-order valence-electron chi connectivity index (χ4n) is 4.02. The second kappa shape index (κ2) is 11.0. The maximum absolute atomic E-state index is 12.2. The molecule has 3 N–H and O–H groups in total. The molecular formula is C26H23ClN2O6. The molecule has 0 unspecified atom stereocenters. The molecule has 0 bridgehead atoms. The summed E-state index contributed by atoms with van der Waals surface area (Å²) in [6.45, 7) is 0.181. The van der Waals surface area contributed by atoms with Gasteiger partial charge in [0.15, 0.2) is 0 Å². The van der Waals surface area contributed by atoms with Gasteiger partial charge >= 0.3 is 12.1 Å². The fourth-order valence-corrected chi connectivity index (χ4v) is 4.26. The number of carbonyl (C=O) groups is 3. The molecule has 3 aromatic rings. The number of benzene rings is 3. The average molecular weight is 495 g/mol. The van der Waals surface area contributed by atoms with Gasteiger partial charge in [0.25, 0.3) is 0 Å². The SMILES string of the molecule is O=C(COCCNC(=O)OCC1c2ccccc2-c2ccccc21)Nc1cc(Cl)cc(C(=O)O)c1. The molecule has 180 valence electrons. The summed E-state index contributed by atoms with van der Waals surface area (Å²) < 4.78 is 10.7. The molecule has 8 nitrogen and oxygen atoms in total. The first kappa shape index (κ1) is 24.3. The van der Waals surface area contributed by atoms with E-state index in [1.807, 2.05) is 36.4 Å². The Labute approximate surface area is 206 Å². The van der Waals surface area contributed by atoms with Gasteiger partial charge in [-0.15, -0.1) is 0 Å². The van der Waals surface area contributed by atoms with Gasteiger partial charge in [0.2, 0.25) is 5.91 Å². The van der Waals surface area contributed by atoms with Crippen molar-refractivity contribution < 1.29 is 29.0 Å². The van der Waals surface area contributed by atoms with Gasteiger partial charge < -0.3 is 25.2 Å². The zero-order valence-electron chi connectivity index (χ0n) is 18.6. The van der Waals surface area contributed by atoms with Crippen molar-refractivity contribution >= 4 is 35.3 Å². The van der Waals surface area contributed by atoms with Crippen LogP contribution in [0.2, 0.25) is 5.02 Å². The van der Waals surface area contributed by atoms with E-state index in [0.717, 1.165) is 22.3 Å².